The highest BCUT2D eigenvalue weighted by Crippen LogP contribution is 2.31. The van der Waals surface area contributed by atoms with Gasteiger partial charge < -0.3 is 4.42 Å². The molecule has 2 heterocycles. The first kappa shape index (κ1) is 10.9. The molecule has 17 heavy (non-hydrogen) atoms. The van der Waals surface area contributed by atoms with Crippen molar-refractivity contribution >= 4 is 28.5 Å². The molecule has 0 radical (unpaired) electrons. The maximum atomic E-state index is 12.2. The third-order valence-electron chi connectivity index (χ3n) is 3.14. The molecule has 2 aromatic rings. The molecule has 0 bridgehead atoms. The summed E-state index contributed by atoms with van der Waals surface area (Å²) in [5.41, 5.74) is 1.99. The van der Waals surface area contributed by atoms with Gasteiger partial charge in [0.25, 0.3) is 0 Å². The first-order valence-electron chi connectivity index (χ1n) is 5.90. The highest BCUT2D eigenvalue weighted by molar-refractivity contribution is 8.00. The fourth-order valence-corrected chi connectivity index (χ4v) is 3.45. The number of carbonyl (C=O) groups excluding carboxylic acids is 1. The van der Waals surface area contributed by atoms with Gasteiger partial charge in [-0.25, -0.2) is 0 Å². The second kappa shape index (κ2) is 4.22. The van der Waals surface area contributed by atoms with Crippen molar-refractivity contribution in [3.63, 3.8) is 0 Å². The molecule has 1 aromatic heterocycles. The quantitative estimate of drug-likeness (QED) is 0.755. The molecule has 3 heteroatoms. The van der Waals surface area contributed by atoms with Crippen molar-refractivity contribution in [1.82, 2.24) is 0 Å². The van der Waals surface area contributed by atoms with Crippen LogP contribution in [0.15, 0.2) is 28.7 Å². The summed E-state index contributed by atoms with van der Waals surface area (Å²) in [6.07, 6.45) is 2.12. The van der Waals surface area contributed by atoms with E-state index in [1.165, 1.54) is 5.56 Å². The summed E-state index contributed by atoms with van der Waals surface area (Å²) >= 11 is 1.75. The van der Waals surface area contributed by atoms with E-state index in [-0.39, 0.29) is 11.0 Å². The SMILES string of the molecule is Cc1ccc2oc(C(=O)C3CCCS3)cc2c1. The summed E-state index contributed by atoms with van der Waals surface area (Å²) in [5, 5.41) is 1.13. The molecule has 3 rings (SSSR count). The van der Waals surface area contributed by atoms with Crippen molar-refractivity contribution in [2.45, 2.75) is 25.0 Å². The monoisotopic (exact) mass is 246 g/mol. The van der Waals surface area contributed by atoms with Gasteiger partial charge in [-0.1, -0.05) is 11.6 Å². The van der Waals surface area contributed by atoms with Gasteiger partial charge in [0.1, 0.15) is 5.58 Å². The van der Waals surface area contributed by atoms with E-state index in [1.54, 1.807) is 11.8 Å². The number of hydrogen-bond acceptors (Lipinski definition) is 3. The van der Waals surface area contributed by atoms with E-state index in [2.05, 4.69) is 6.07 Å². The molecule has 2 nitrogen and oxygen atoms in total. The van der Waals surface area contributed by atoms with Gasteiger partial charge in [0, 0.05) is 5.39 Å². The molecule has 0 N–H and O–H groups in total. The van der Waals surface area contributed by atoms with Gasteiger partial charge in [0.05, 0.1) is 5.25 Å². The zero-order valence-corrected chi connectivity index (χ0v) is 10.5. The Balaban J connectivity index is 1.97. The van der Waals surface area contributed by atoms with Gasteiger partial charge in [0.15, 0.2) is 5.76 Å². The van der Waals surface area contributed by atoms with Crippen molar-refractivity contribution in [1.29, 1.82) is 0 Å². The van der Waals surface area contributed by atoms with Gasteiger partial charge in [-0.05, 0) is 43.7 Å². The maximum absolute atomic E-state index is 12.2. The minimum absolute atomic E-state index is 0.108. The Morgan fingerprint density at radius 1 is 1.41 bits per heavy atom. The van der Waals surface area contributed by atoms with Crippen LogP contribution in [0.5, 0.6) is 0 Å². The molecule has 1 fully saturated rings. The largest absolute Gasteiger partial charge is 0.453 e. The first-order valence-corrected chi connectivity index (χ1v) is 6.95. The Morgan fingerprint density at radius 2 is 2.29 bits per heavy atom. The van der Waals surface area contributed by atoms with E-state index in [1.807, 2.05) is 25.1 Å². The molecular formula is C14H14O2S. The van der Waals surface area contributed by atoms with Gasteiger partial charge in [0.2, 0.25) is 5.78 Å². The third kappa shape index (κ3) is 2.00. The molecule has 0 spiro atoms. The second-order valence-corrected chi connectivity index (χ2v) is 5.83. The average Bonchev–Trinajstić information content (AvgIpc) is 2.96. The normalized spacial score (nSPS) is 19.9. The number of hydrogen-bond donors (Lipinski definition) is 0. The molecule has 1 unspecified atom stereocenters. The zero-order valence-electron chi connectivity index (χ0n) is 9.73. The van der Waals surface area contributed by atoms with Crippen LogP contribution in [0.2, 0.25) is 0 Å². The van der Waals surface area contributed by atoms with Crippen molar-refractivity contribution in [3.05, 3.63) is 35.6 Å². The van der Waals surface area contributed by atoms with Crippen LogP contribution < -0.4 is 0 Å². The highest BCUT2D eigenvalue weighted by Gasteiger charge is 2.26. The number of fused-ring (bicyclic) bond motifs is 1. The molecule has 1 aliphatic rings. The second-order valence-electron chi connectivity index (χ2n) is 4.52. The zero-order chi connectivity index (χ0) is 11.8. The van der Waals surface area contributed by atoms with E-state index in [0.717, 1.165) is 29.6 Å². The van der Waals surface area contributed by atoms with Gasteiger partial charge in [-0.15, -0.1) is 0 Å². The van der Waals surface area contributed by atoms with Crippen LogP contribution in [-0.2, 0) is 0 Å². The number of ketones is 1. The summed E-state index contributed by atoms with van der Waals surface area (Å²) < 4.78 is 5.63. The Bertz CT molecular complexity index is 565. The predicted molar refractivity (Wildman–Crippen MR) is 70.8 cm³/mol. The average molecular weight is 246 g/mol. The fourth-order valence-electron chi connectivity index (χ4n) is 2.23. The van der Waals surface area contributed by atoms with Crippen LogP contribution in [0.4, 0.5) is 0 Å². The molecule has 88 valence electrons. The lowest BCUT2D eigenvalue weighted by Gasteiger charge is -2.02. The number of thioether (sulfide) groups is 1. The minimum atomic E-state index is 0.108. The van der Waals surface area contributed by atoms with Crippen molar-refractivity contribution in [2.75, 3.05) is 5.75 Å². The summed E-state index contributed by atoms with van der Waals surface area (Å²) in [6, 6.07) is 7.87. The molecule has 0 amide bonds. The molecule has 0 aliphatic carbocycles. The van der Waals surface area contributed by atoms with Crippen LogP contribution in [0.25, 0.3) is 11.0 Å². The molecule has 0 saturated carbocycles. The lowest BCUT2D eigenvalue weighted by Crippen LogP contribution is -2.12. The maximum Gasteiger partial charge on any atom is 0.210 e. The van der Waals surface area contributed by atoms with Crippen LogP contribution in [0.1, 0.15) is 29.0 Å². The highest BCUT2D eigenvalue weighted by atomic mass is 32.2. The predicted octanol–water partition coefficient (Wildman–Crippen LogP) is 3.82. The molecule has 1 atom stereocenters. The standard InChI is InChI=1S/C14H14O2S/c1-9-4-5-11-10(7-9)8-12(16-11)14(15)13-3-2-6-17-13/h4-5,7-8,13H,2-3,6H2,1H3. The Hall–Kier alpha value is -1.22. The molecular weight excluding hydrogens is 232 g/mol. The topological polar surface area (TPSA) is 30.2 Å². The lowest BCUT2D eigenvalue weighted by atomic mass is 10.1. The number of carbonyl (C=O) groups is 1. The van der Waals surface area contributed by atoms with Crippen LogP contribution >= 0.6 is 11.8 Å². The van der Waals surface area contributed by atoms with Crippen LogP contribution in [0, 0.1) is 6.92 Å². The Morgan fingerprint density at radius 3 is 3.06 bits per heavy atom. The summed E-state index contributed by atoms with van der Waals surface area (Å²) in [7, 11) is 0. The Labute approximate surface area is 104 Å². The number of rotatable bonds is 2. The third-order valence-corrected chi connectivity index (χ3v) is 4.51. The number of furan rings is 1. The van der Waals surface area contributed by atoms with E-state index < -0.39 is 0 Å². The van der Waals surface area contributed by atoms with E-state index >= 15 is 0 Å². The van der Waals surface area contributed by atoms with E-state index in [0.29, 0.717) is 5.76 Å². The number of benzene rings is 1. The van der Waals surface area contributed by atoms with Crippen molar-refractivity contribution < 1.29 is 9.21 Å². The Kier molecular flexibility index (Phi) is 2.71. The summed E-state index contributed by atoms with van der Waals surface area (Å²) in [6.45, 7) is 2.04. The first-order chi connectivity index (χ1) is 8.24. The van der Waals surface area contributed by atoms with Crippen molar-refractivity contribution in [2.24, 2.45) is 0 Å². The summed E-state index contributed by atoms with van der Waals surface area (Å²) in [5.74, 6) is 1.77. The number of aryl methyl sites for hydroxylation is 1. The van der Waals surface area contributed by atoms with Crippen molar-refractivity contribution in [3.8, 4) is 0 Å². The molecule has 1 aromatic carbocycles. The van der Waals surface area contributed by atoms with Crippen LogP contribution in [-0.4, -0.2) is 16.8 Å². The van der Waals surface area contributed by atoms with E-state index in [4.69, 9.17) is 4.42 Å². The van der Waals surface area contributed by atoms with Gasteiger partial charge >= 0.3 is 0 Å². The fraction of sp³-hybridized carbons (Fsp3) is 0.357. The smallest absolute Gasteiger partial charge is 0.210 e. The molecule has 1 aliphatic heterocycles. The number of Topliss-reactive ketones (excluding diaryl/α,β-unsaturated/α-hetero) is 1. The lowest BCUT2D eigenvalue weighted by molar-refractivity contribution is 0.0964. The minimum Gasteiger partial charge on any atom is -0.453 e. The van der Waals surface area contributed by atoms with E-state index in [9.17, 15) is 4.79 Å². The molecule has 1 saturated heterocycles. The van der Waals surface area contributed by atoms with Crippen LogP contribution in [0.3, 0.4) is 0 Å². The summed E-state index contributed by atoms with van der Waals surface area (Å²) in [4.78, 5) is 12.2. The van der Waals surface area contributed by atoms with Gasteiger partial charge in [-0.2, -0.15) is 11.8 Å². The van der Waals surface area contributed by atoms with Gasteiger partial charge in [-0.3, -0.25) is 4.79 Å².